The molecule has 4 nitrogen and oxygen atoms in total. The molecule has 10 rings (SSSR count). The quantitative estimate of drug-likeness (QED) is 0.185. The molecule has 2 heterocycles. The van der Waals surface area contributed by atoms with E-state index in [0.717, 1.165) is 68.0 Å². The summed E-state index contributed by atoms with van der Waals surface area (Å²) in [5.41, 5.74) is 9.13. The Balaban J connectivity index is 1.19. The van der Waals surface area contributed by atoms with Crippen LogP contribution in [-0.2, 0) is 0 Å². The average molecular weight is 654 g/mol. The van der Waals surface area contributed by atoms with Gasteiger partial charge < -0.3 is 4.42 Å². The molecule has 0 aliphatic heterocycles. The van der Waals surface area contributed by atoms with E-state index in [4.69, 9.17) is 19.4 Å². The molecular formula is C47H31N3O. The van der Waals surface area contributed by atoms with Crippen LogP contribution in [0.3, 0.4) is 0 Å². The highest BCUT2D eigenvalue weighted by Gasteiger charge is 2.21. The van der Waals surface area contributed by atoms with E-state index in [1.54, 1.807) is 0 Å². The second kappa shape index (κ2) is 12.0. The third kappa shape index (κ3) is 5.20. The van der Waals surface area contributed by atoms with E-state index in [-0.39, 0.29) is 0 Å². The summed E-state index contributed by atoms with van der Waals surface area (Å²) in [6.07, 6.45) is 8.68. The van der Waals surface area contributed by atoms with Gasteiger partial charge in [0.1, 0.15) is 11.2 Å². The van der Waals surface area contributed by atoms with Crippen molar-refractivity contribution in [1.29, 1.82) is 0 Å². The van der Waals surface area contributed by atoms with Gasteiger partial charge in [-0.2, -0.15) is 0 Å². The SMILES string of the molecule is C1=CCCC(c2ccc(-c3nc(-c4ccc5ccccc5c4)nc(-c4ccc(-c5ccc6ccccc6c5)c5oc6ccccc6c45)n3)cc2)=C1. The van der Waals surface area contributed by atoms with Crippen molar-refractivity contribution in [3.05, 3.63) is 169 Å². The summed E-state index contributed by atoms with van der Waals surface area (Å²) >= 11 is 0. The van der Waals surface area contributed by atoms with Crippen LogP contribution in [0.5, 0.6) is 0 Å². The first-order valence-corrected chi connectivity index (χ1v) is 17.4. The highest BCUT2D eigenvalue weighted by molar-refractivity contribution is 6.16. The van der Waals surface area contributed by atoms with Gasteiger partial charge in [-0.05, 0) is 81.4 Å². The van der Waals surface area contributed by atoms with Crippen LogP contribution in [0.4, 0.5) is 0 Å². The number of aromatic nitrogens is 3. The lowest BCUT2D eigenvalue weighted by Crippen LogP contribution is -2.01. The van der Waals surface area contributed by atoms with Crippen LogP contribution in [0.2, 0.25) is 0 Å². The first-order chi connectivity index (χ1) is 25.2. The molecular weight excluding hydrogens is 623 g/mol. The van der Waals surface area contributed by atoms with E-state index in [1.807, 2.05) is 12.1 Å². The maximum atomic E-state index is 6.68. The van der Waals surface area contributed by atoms with E-state index in [9.17, 15) is 0 Å². The van der Waals surface area contributed by atoms with Crippen LogP contribution in [0.25, 0.3) is 94.3 Å². The topological polar surface area (TPSA) is 51.8 Å². The predicted octanol–water partition coefficient (Wildman–Crippen LogP) is 12.5. The molecule has 0 N–H and O–H groups in total. The summed E-state index contributed by atoms with van der Waals surface area (Å²) in [6.45, 7) is 0. The lowest BCUT2D eigenvalue weighted by Gasteiger charge is -2.12. The van der Waals surface area contributed by atoms with Crippen molar-refractivity contribution < 1.29 is 4.42 Å². The molecule has 0 radical (unpaired) electrons. The molecule has 2 aromatic heterocycles. The molecule has 1 aliphatic rings. The van der Waals surface area contributed by atoms with Crippen molar-refractivity contribution >= 4 is 49.1 Å². The van der Waals surface area contributed by atoms with Crippen molar-refractivity contribution in [2.75, 3.05) is 0 Å². The van der Waals surface area contributed by atoms with Crippen molar-refractivity contribution in [3.8, 4) is 45.3 Å². The smallest absolute Gasteiger partial charge is 0.164 e. The number of fused-ring (bicyclic) bond motifs is 5. The third-order valence-electron chi connectivity index (χ3n) is 10.00. The molecule has 0 unspecified atom stereocenters. The van der Waals surface area contributed by atoms with Crippen molar-refractivity contribution in [3.63, 3.8) is 0 Å². The van der Waals surface area contributed by atoms with Gasteiger partial charge in [0, 0.05) is 33.0 Å². The largest absolute Gasteiger partial charge is 0.455 e. The minimum atomic E-state index is 0.606. The summed E-state index contributed by atoms with van der Waals surface area (Å²) in [6, 6.07) is 50.9. The van der Waals surface area contributed by atoms with Crippen LogP contribution in [0.15, 0.2) is 168 Å². The molecule has 0 fully saturated rings. The Kier molecular flexibility index (Phi) is 6.91. The molecule has 240 valence electrons. The Morgan fingerprint density at radius 3 is 1.80 bits per heavy atom. The molecule has 0 atom stereocenters. The average Bonchev–Trinajstić information content (AvgIpc) is 3.60. The van der Waals surface area contributed by atoms with Crippen LogP contribution in [-0.4, -0.2) is 15.0 Å². The van der Waals surface area contributed by atoms with Crippen molar-refractivity contribution in [1.82, 2.24) is 15.0 Å². The summed E-state index contributed by atoms with van der Waals surface area (Å²) in [5, 5.41) is 6.73. The zero-order chi connectivity index (χ0) is 33.7. The molecule has 0 bridgehead atoms. The zero-order valence-corrected chi connectivity index (χ0v) is 27.8. The van der Waals surface area contributed by atoms with E-state index in [2.05, 4.69) is 152 Å². The van der Waals surface area contributed by atoms with E-state index in [0.29, 0.717) is 17.5 Å². The summed E-state index contributed by atoms with van der Waals surface area (Å²) in [4.78, 5) is 15.5. The van der Waals surface area contributed by atoms with E-state index >= 15 is 0 Å². The number of hydrogen-bond acceptors (Lipinski definition) is 4. The number of rotatable bonds is 5. The fourth-order valence-corrected chi connectivity index (χ4v) is 7.36. The number of para-hydroxylation sites is 1. The fourth-order valence-electron chi connectivity index (χ4n) is 7.36. The van der Waals surface area contributed by atoms with Crippen LogP contribution in [0, 0.1) is 0 Å². The van der Waals surface area contributed by atoms with E-state index in [1.165, 1.54) is 27.3 Å². The standard InChI is InChI=1S/C47H31N3O/c1-2-10-30(11-3-1)33-18-22-34(23-19-33)45-48-46(38-25-21-32-13-5-7-15-36(32)29-38)50-47(49-45)41-27-26-39(37-24-20-31-12-4-6-14-35(31)28-37)44-43(41)40-16-8-9-17-42(40)51-44/h1-2,4-10,12-29H,3,11H2. The Morgan fingerprint density at radius 2 is 1.06 bits per heavy atom. The van der Waals surface area contributed by atoms with Crippen molar-refractivity contribution in [2.24, 2.45) is 0 Å². The Hall–Kier alpha value is -6.65. The maximum absolute atomic E-state index is 6.68. The Bertz CT molecular complexity index is 2860. The number of allylic oxidation sites excluding steroid dienone is 4. The lowest BCUT2D eigenvalue weighted by molar-refractivity contribution is 0.670. The molecule has 0 saturated heterocycles. The number of benzene rings is 7. The maximum Gasteiger partial charge on any atom is 0.164 e. The van der Waals surface area contributed by atoms with Gasteiger partial charge in [0.15, 0.2) is 17.5 Å². The highest BCUT2D eigenvalue weighted by Crippen LogP contribution is 2.42. The molecule has 0 spiro atoms. The minimum absolute atomic E-state index is 0.606. The van der Waals surface area contributed by atoms with Gasteiger partial charge in [-0.25, -0.2) is 15.0 Å². The number of furan rings is 1. The molecule has 4 heteroatoms. The second-order valence-corrected chi connectivity index (χ2v) is 13.1. The fraction of sp³-hybridized carbons (Fsp3) is 0.0426. The first-order valence-electron chi connectivity index (χ1n) is 17.4. The van der Waals surface area contributed by atoms with Crippen LogP contribution in [0.1, 0.15) is 18.4 Å². The van der Waals surface area contributed by atoms with Gasteiger partial charge in [-0.1, -0.05) is 133 Å². The van der Waals surface area contributed by atoms with Gasteiger partial charge in [-0.15, -0.1) is 0 Å². The van der Waals surface area contributed by atoms with Crippen LogP contribution < -0.4 is 0 Å². The van der Waals surface area contributed by atoms with Gasteiger partial charge in [0.2, 0.25) is 0 Å². The van der Waals surface area contributed by atoms with Gasteiger partial charge in [0.25, 0.3) is 0 Å². The molecule has 9 aromatic rings. The molecule has 0 amide bonds. The monoisotopic (exact) mass is 653 g/mol. The highest BCUT2D eigenvalue weighted by atomic mass is 16.3. The summed E-state index contributed by atoms with van der Waals surface area (Å²) in [7, 11) is 0. The third-order valence-corrected chi connectivity index (χ3v) is 10.00. The Morgan fingerprint density at radius 1 is 0.471 bits per heavy atom. The minimum Gasteiger partial charge on any atom is -0.455 e. The van der Waals surface area contributed by atoms with Crippen LogP contribution >= 0.6 is 0 Å². The normalized spacial score (nSPS) is 13.0. The lowest BCUT2D eigenvalue weighted by atomic mass is 9.96. The zero-order valence-electron chi connectivity index (χ0n) is 27.8. The molecule has 0 saturated carbocycles. The molecule has 1 aliphatic carbocycles. The summed E-state index contributed by atoms with van der Waals surface area (Å²) in [5.74, 6) is 1.87. The Labute approximate surface area is 295 Å². The predicted molar refractivity (Wildman–Crippen MR) is 210 cm³/mol. The number of hydrogen-bond donors (Lipinski definition) is 0. The second-order valence-electron chi connectivity index (χ2n) is 13.1. The van der Waals surface area contributed by atoms with Crippen molar-refractivity contribution in [2.45, 2.75) is 12.8 Å². The summed E-state index contributed by atoms with van der Waals surface area (Å²) < 4.78 is 6.68. The number of nitrogens with zero attached hydrogens (tertiary/aromatic N) is 3. The molecule has 51 heavy (non-hydrogen) atoms. The molecule has 7 aromatic carbocycles. The van der Waals surface area contributed by atoms with E-state index < -0.39 is 0 Å². The van der Waals surface area contributed by atoms with Gasteiger partial charge in [0.05, 0.1) is 0 Å². The van der Waals surface area contributed by atoms with Gasteiger partial charge >= 0.3 is 0 Å². The van der Waals surface area contributed by atoms with Gasteiger partial charge in [-0.3, -0.25) is 0 Å². The first kappa shape index (κ1) is 29.3.